The molecule has 1 aliphatic rings. The fourth-order valence-electron chi connectivity index (χ4n) is 2.21. The zero-order valence-corrected chi connectivity index (χ0v) is 11.3. The van der Waals surface area contributed by atoms with Gasteiger partial charge in [0.25, 0.3) is 0 Å². The van der Waals surface area contributed by atoms with Crippen molar-refractivity contribution in [2.45, 2.75) is 19.1 Å². The van der Waals surface area contributed by atoms with Gasteiger partial charge in [0, 0.05) is 31.3 Å². The minimum absolute atomic E-state index is 0.179. The molecule has 1 unspecified atom stereocenters. The highest BCUT2D eigenvalue weighted by Gasteiger charge is 2.23. The zero-order chi connectivity index (χ0) is 14.5. The highest BCUT2D eigenvalue weighted by molar-refractivity contribution is 5.69. The van der Waals surface area contributed by atoms with Gasteiger partial charge in [-0.05, 0) is 6.07 Å². The molecule has 0 aliphatic carbocycles. The van der Waals surface area contributed by atoms with Crippen molar-refractivity contribution in [2.24, 2.45) is 0 Å². The number of hydrogen-bond donors (Lipinski definition) is 0. The number of carbonyl (C=O) groups is 1. The average molecular weight is 285 g/mol. The molecule has 1 saturated heterocycles. The Morgan fingerprint density at radius 1 is 1.50 bits per heavy atom. The van der Waals surface area contributed by atoms with Gasteiger partial charge in [0.05, 0.1) is 26.2 Å². The first-order chi connectivity index (χ1) is 9.58. The van der Waals surface area contributed by atoms with E-state index in [1.807, 2.05) is 4.90 Å². The molecule has 1 heterocycles. The van der Waals surface area contributed by atoms with E-state index >= 15 is 0 Å². The average Bonchev–Trinajstić information content (AvgIpc) is 2.42. The third kappa shape index (κ3) is 3.98. The Balaban J connectivity index is 1.94. The lowest BCUT2D eigenvalue weighted by molar-refractivity contribution is -0.145. The number of benzene rings is 1. The lowest BCUT2D eigenvalue weighted by Gasteiger charge is -2.32. The summed E-state index contributed by atoms with van der Waals surface area (Å²) in [5.74, 6) is -1.47. The predicted octanol–water partition coefficient (Wildman–Crippen LogP) is 1.73. The fraction of sp³-hybridized carbons (Fsp3) is 0.500. The standard InChI is InChI=1S/C14H17F2NO3/c1-19-14(18)7-12-9-17(4-5-20-12)8-10-2-3-11(15)6-13(10)16/h2-3,6,12H,4-5,7-9H2,1H3. The number of methoxy groups -OCH3 is 1. The monoisotopic (exact) mass is 285 g/mol. The van der Waals surface area contributed by atoms with Crippen molar-refractivity contribution in [2.75, 3.05) is 26.8 Å². The first-order valence-electron chi connectivity index (χ1n) is 6.43. The molecule has 4 nitrogen and oxygen atoms in total. The highest BCUT2D eigenvalue weighted by atomic mass is 19.1. The first-order valence-corrected chi connectivity index (χ1v) is 6.43. The smallest absolute Gasteiger partial charge is 0.308 e. The Bertz CT molecular complexity index is 481. The molecule has 0 saturated carbocycles. The quantitative estimate of drug-likeness (QED) is 0.790. The third-order valence-corrected chi connectivity index (χ3v) is 3.25. The molecule has 110 valence electrons. The Labute approximate surface area is 116 Å². The van der Waals surface area contributed by atoms with Crippen LogP contribution < -0.4 is 0 Å². The Kier molecular flexibility index (Phi) is 5.03. The van der Waals surface area contributed by atoms with E-state index in [4.69, 9.17) is 4.74 Å². The molecule has 0 radical (unpaired) electrons. The number of carbonyl (C=O) groups excluding carboxylic acids is 1. The summed E-state index contributed by atoms with van der Waals surface area (Å²) in [4.78, 5) is 13.2. The summed E-state index contributed by atoms with van der Waals surface area (Å²) < 4.78 is 36.5. The fourth-order valence-corrected chi connectivity index (χ4v) is 2.21. The zero-order valence-electron chi connectivity index (χ0n) is 11.3. The summed E-state index contributed by atoms with van der Waals surface area (Å²) >= 11 is 0. The predicted molar refractivity (Wildman–Crippen MR) is 68.0 cm³/mol. The second-order valence-electron chi connectivity index (χ2n) is 4.74. The number of nitrogens with zero attached hydrogens (tertiary/aromatic N) is 1. The number of morpholine rings is 1. The van der Waals surface area contributed by atoms with Crippen molar-refractivity contribution >= 4 is 5.97 Å². The van der Waals surface area contributed by atoms with Gasteiger partial charge in [0.15, 0.2) is 0 Å². The van der Waals surface area contributed by atoms with Crippen molar-refractivity contribution in [3.05, 3.63) is 35.4 Å². The second-order valence-corrected chi connectivity index (χ2v) is 4.74. The van der Waals surface area contributed by atoms with Crippen LogP contribution in [-0.2, 0) is 20.8 Å². The Morgan fingerprint density at radius 3 is 3.00 bits per heavy atom. The summed E-state index contributed by atoms with van der Waals surface area (Å²) in [7, 11) is 1.33. The van der Waals surface area contributed by atoms with Crippen LogP contribution in [0.15, 0.2) is 18.2 Å². The largest absolute Gasteiger partial charge is 0.469 e. The number of esters is 1. The van der Waals surface area contributed by atoms with Gasteiger partial charge < -0.3 is 9.47 Å². The Hall–Kier alpha value is -1.53. The number of halogens is 2. The molecule has 1 fully saturated rings. The summed E-state index contributed by atoms with van der Waals surface area (Å²) in [6, 6.07) is 3.56. The molecule has 0 aromatic heterocycles. The van der Waals surface area contributed by atoms with Crippen molar-refractivity contribution in [3.8, 4) is 0 Å². The lowest BCUT2D eigenvalue weighted by Crippen LogP contribution is -2.43. The molecule has 1 atom stereocenters. The van der Waals surface area contributed by atoms with E-state index < -0.39 is 11.6 Å². The topological polar surface area (TPSA) is 38.8 Å². The highest BCUT2D eigenvalue weighted by Crippen LogP contribution is 2.16. The van der Waals surface area contributed by atoms with Crippen LogP contribution in [0.3, 0.4) is 0 Å². The van der Waals surface area contributed by atoms with Crippen LogP contribution in [0.2, 0.25) is 0 Å². The minimum Gasteiger partial charge on any atom is -0.469 e. The van der Waals surface area contributed by atoms with Gasteiger partial charge in [-0.3, -0.25) is 9.69 Å². The van der Waals surface area contributed by atoms with Crippen molar-refractivity contribution < 1.29 is 23.0 Å². The van der Waals surface area contributed by atoms with E-state index in [2.05, 4.69) is 4.74 Å². The van der Waals surface area contributed by atoms with Gasteiger partial charge in [-0.15, -0.1) is 0 Å². The number of ether oxygens (including phenoxy) is 2. The molecule has 6 heteroatoms. The molecule has 0 N–H and O–H groups in total. The molecular formula is C14H17F2NO3. The van der Waals surface area contributed by atoms with E-state index in [9.17, 15) is 13.6 Å². The van der Waals surface area contributed by atoms with Crippen molar-refractivity contribution in [1.29, 1.82) is 0 Å². The van der Waals surface area contributed by atoms with Crippen molar-refractivity contribution in [3.63, 3.8) is 0 Å². The molecular weight excluding hydrogens is 268 g/mol. The number of rotatable bonds is 4. The van der Waals surface area contributed by atoms with Crippen LogP contribution >= 0.6 is 0 Å². The Morgan fingerprint density at radius 2 is 2.30 bits per heavy atom. The van der Waals surface area contributed by atoms with Gasteiger partial charge in [-0.1, -0.05) is 6.07 Å². The summed E-state index contributed by atoms with van der Waals surface area (Å²) in [5.41, 5.74) is 0.435. The van der Waals surface area contributed by atoms with E-state index in [1.165, 1.54) is 19.2 Å². The summed E-state index contributed by atoms with van der Waals surface area (Å²) in [6.45, 7) is 2.01. The maximum absolute atomic E-state index is 13.6. The van der Waals surface area contributed by atoms with Crippen LogP contribution in [0, 0.1) is 11.6 Å². The molecule has 20 heavy (non-hydrogen) atoms. The van der Waals surface area contributed by atoms with Crippen LogP contribution in [0.5, 0.6) is 0 Å². The van der Waals surface area contributed by atoms with E-state index in [1.54, 1.807) is 0 Å². The van der Waals surface area contributed by atoms with Gasteiger partial charge in [0.2, 0.25) is 0 Å². The van der Waals surface area contributed by atoms with E-state index in [0.717, 1.165) is 6.07 Å². The maximum Gasteiger partial charge on any atom is 0.308 e. The van der Waals surface area contributed by atoms with Gasteiger partial charge >= 0.3 is 5.97 Å². The van der Waals surface area contributed by atoms with Crippen LogP contribution in [-0.4, -0.2) is 43.8 Å². The van der Waals surface area contributed by atoms with Crippen LogP contribution in [0.25, 0.3) is 0 Å². The maximum atomic E-state index is 13.6. The van der Waals surface area contributed by atoms with Gasteiger partial charge in [-0.25, -0.2) is 8.78 Å². The molecule has 0 spiro atoms. The summed E-state index contributed by atoms with van der Waals surface area (Å²) in [5, 5.41) is 0. The van der Waals surface area contributed by atoms with E-state index in [0.29, 0.717) is 31.8 Å². The first kappa shape index (κ1) is 14.9. The lowest BCUT2D eigenvalue weighted by atomic mass is 10.1. The second kappa shape index (κ2) is 6.76. The molecule has 0 bridgehead atoms. The molecule has 2 rings (SSSR count). The molecule has 1 aromatic carbocycles. The molecule has 0 amide bonds. The molecule has 1 aliphatic heterocycles. The van der Waals surface area contributed by atoms with Crippen LogP contribution in [0.4, 0.5) is 8.78 Å². The molecule has 1 aromatic rings. The summed E-state index contributed by atoms with van der Waals surface area (Å²) in [6.07, 6.45) is -0.0708. The third-order valence-electron chi connectivity index (χ3n) is 3.25. The number of hydrogen-bond acceptors (Lipinski definition) is 4. The van der Waals surface area contributed by atoms with Gasteiger partial charge in [-0.2, -0.15) is 0 Å². The van der Waals surface area contributed by atoms with Gasteiger partial charge in [0.1, 0.15) is 11.6 Å². The van der Waals surface area contributed by atoms with Crippen molar-refractivity contribution in [1.82, 2.24) is 4.90 Å². The normalized spacial score (nSPS) is 19.9. The van der Waals surface area contributed by atoms with Crippen LogP contribution in [0.1, 0.15) is 12.0 Å². The van der Waals surface area contributed by atoms with E-state index in [-0.39, 0.29) is 18.5 Å². The SMILES string of the molecule is COC(=O)CC1CN(Cc2ccc(F)cc2F)CCO1. The minimum atomic E-state index is -0.586.